The van der Waals surface area contributed by atoms with Gasteiger partial charge in [0.1, 0.15) is 0 Å². The summed E-state index contributed by atoms with van der Waals surface area (Å²) < 4.78 is 0. The third-order valence-electron chi connectivity index (χ3n) is 3.90. The predicted molar refractivity (Wildman–Crippen MR) is 79.9 cm³/mol. The van der Waals surface area contributed by atoms with Crippen molar-refractivity contribution >= 4 is 5.91 Å². The van der Waals surface area contributed by atoms with Gasteiger partial charge in [0.2, 0.25) is 12.5 Å². The number of hydrogen-bond donors (Lipinski definition) is 1. The molecule has 0 aromatic carbocycles. The summed E-state index contributed by atoms with van der Waals surface area (Å²) in [6.45, 7) is 6.89. The van der Waals surface area contributed by atoms with E-state index in [0.29, 0.717) is 12.3 Å². The van der Waals surface area contributed by atoms with Crippen molar-refractivity contribution in [2.75, 3.05) is 20.1 Å². The summed E-state index contributed by atoms with van der Waals surface area (Å²) in [5.74, 6) is 0.257. The lowest BCUT2D eigenvalue weighted by Crippen LogP contribution is -2.43. The van der Waals surface area contributed by atoms with E-state index in [1.807, 2.05) is 25.8 Å². The Morgan fingerprint density at radius 2 is 1.90 bits per heavy atom. The van der Waals surface area contributed by atoms with E-state index in [2.05, 4.69) is 6.92 Å². The first-order valence-electron chi connectivity index (χ1n) is 7.43. The topological polar surface area (TPSA) is 89.5 Å². The fourth-order valence-electron chi connectivity index (χ4n) is 2.60. The van der Waals surface area contributed by atoms with Gasteiger partial charge in [-0.1, -0.05) is 20.8 Å². The Balaban J connectivity index is 4.17. The molecule has 0 aromatic rings. The first-order chi connectivity index (χ1) is 9.31. The summed E-state index contributed by atoms with van der Waals surface area (Å²) in [4.78, 5) is 23.6. The molecule has 0 saturated carbocycles. The van der Waals surface area contributed by atoms with Crippen molar-refractivity contribution in [2.45, 2.75) is 52.5 Å². The van der Waals surface area contributed by atoms with Gasteiger partial charge in [0, 0.05) is 17.4 Å². The lowest BCUT2D eigenvalue weighted by molar-refractivity contribution is -0.488. The number of amides is 1. The van der Waals surface area contributed by atoms with Crippen LogP contribution in [0.4, 0.5) is 0 Å². The van der Waals surface area contributed by atoms with Gasteiger partial charge in [-0.15, -0.1) is 0 Å². The zero-order valence-corrected chi connectivity index (χ0v) is 13.2. The molecule has 0 aromatic heterocycles. The largest absolute Gasteiger partial charge is 0.368 e. The van der Waals surface area contributed by atoms with Crippen LogP contribution in [0.3, 0.4) is 0 Å². The highest BCUT2D eigenvalue weighted by molar-refractivity contribution is 5.79. The summed E-state index contributed by atoms with van der Waals surface area (Å²) in [6.07, 6.45) is 3.34. The number of primary amides is 1. The number of nitrogens with zero attached hydrogens (tertiary/aromatic N) is 2. The molecule has 3 atom stereocenters. The molecule has 6 heteroatoms. The van der Waals surface area contributed by atoms with Crippen LogP contribution in [0.15, 0.2) is 0 Å². The van der Waals surface area contributed by atoms with Crippen LogP contribution >= 0.6 is 0 Å². The van der Waals surface area contributed by atoms with Gasteiger partial charge in [0.15, 0.2) is 0 Å². The van der Waals surface area contributed by atoms with E-state index in [4.69, 9.17) is 5.73 Å². The molecule has 118 valence electrons. The van der Waals surface area contributed by atoms with Crippen LogP contribution in [0, 0.1) is 22.0 Å². The lowest BCUT2D eigenvalue weighted by Gasteiger charge is -2.27. The van der Waals surface area contributed by atoms with Crippen molar-refractivity contribution in [1.29, 1.82) is 0 Å². The van der Waals surface area contributed by atoms with Crippen LogP contribution in [0.2, 0.25) is 0 Å². The summed E-state index contributed by atoms with van der Waals surface area (Å²) in [6, 6.07) is -0.224. The molecule has 0 rings (SSSR count). The van der Waals surface area contributed by atoms with E-state index < -0.39 is 0 Å². The molecule has 2 N–H and O–H groups in total. The Bertz CT molecular complexity index is 310. The summed E-state index contributed by atoms with van der Waals surface area (Å²) in [5, 5.41) is 10.5. The third-order valence-corrected chi connectivity index (χ3v) is 3.90. The van der Waals surface area contributed by atoms with Crippen molar-refractivity contribution in [3.05, 3.63) is 10.1 Å². The summed E-state index contributed by atoms with van der Waals surface area (Å²) in [5.41, 5.74) is 5.37. The summed E-state index contributed by atoms with van der Waals surface area (Å²) in [7, 11) is 1.91. The second-order valence-electron chi connectivity index (χ2n) is 5.74. The van der Waals surface area contributed by atoms with Crippen molar-refractivity contribution in [3.63, 3.8) is 0 Å². The normalized spacial score (nSPS) is 15.8. The zero-order valence-electron chi connectivity index (χ0n) is 13.2. The van der Waals surface area contributed by atoms with Crippen LogP contribution in [0.1, 0.15) is 46.5 Å². The maximum absolute atomic E-state index is 11.3. The fourth-order valence-corrected chi connectivity index (χ4v) is 2.60. The molecule has 0 heterocycles. The second-order valence-corrected chi connectivity index (χ2v) is 5.74. The Kier molecular flexibility index (Phi) is 9.12. The monoisotopic (exact) mass is 287 g/mol. The highest BCUT2D eigenvalue weighted by Crippen LogP contribution is 2.17. The minimum atomic E-state index is -0.290. The van der Waals surface area contributed by atoms with Crippen LogP contribution < -0.4 is 5.73 Å². The van der Waals surface area contributed by atoms with Crippen molar-refractivity contribution < 1.29 is 9.72 Å². The van der Waals surface area contributed by atoms with Gasteiger partial charge in [0.05, 0.1) is 6.04 Å². The second kappa shape index (κ2) is 9.69. The molecular formula is C14H29N3O3. The SMILES string of the molecule is CC[C@H](CC[C@@H](C)CN(C)[C@H](CC)C(N)=O)C[N+](=O)[O-]. The highest BCUT2D eigenvalue weighted by atomic mass is 16.6. The van der Waals surface area contributed by atoms with Gasteiger partial charge in [-0.2, -0.15) is 0 Å². The molecule has 0 unspecified atom stereocenters. The van der Waals surface area contributed by atoms with Crippen molar-refractivity contribution in [3.8, 4) is 0 Å². The van der Waals surface area contributed by atoms with E-state index in [1.54, 1.807) is 0 Å². The Morgan fingerprint density at radius 3 is 2.30 bits per heavy atom. The fraction of sp³-hybridized carbons (Fsp3) is 0.929. The number of nitro groups is 1. The lowest BCUT2D eigenvalue weighted by atomic mass is 9.94. The molecule has 0 bridgehead atoms. The van der Waals surface area contributed by atoms with E-state index in [1.165, 1.54) is 0 Å². The number of carbonyl (C=O) groups is 1. The van der Waals surface area contributed by atoms with E-state index in [0.717, 1.165) is 25.8 Å². The van der Waals surface area contributed by atoms with Gasteiger partial charge in [-0.3, -0.25) is 19.8 Å². The molecule has 0 saturated heterocycles. The number of nitrogens with two attached hydrogens (primary N) is 1. The van der Waals surface area contributed by atoms with E-state index in [-0.39, 0.29) is 29.3 Å². The molecule has 0 aliphatic carbocycles. The van der Waals surface area contributed by atoms with Gasteiger partial charge in [-0.05, 0) is 38.6 Å². The first-order valence-corrected chi connectivity index (χ1v) is 7.43. The van der Waals surface area contributed by atoms with Crippen LogP contribution in [0.25, 0.3) is 0 Å². The first kappa shape index (κ1) is 18.8. The van der Waals surface area contributed by atoms with E-state index in [9.17, 15) is 14.9 Å². The molecule has 0 aliphatic rings. The average molecular weight is 287 g/mol. The maximum atomic E-state index is 11.3. The molecule has 6 nitrogen and oxygen atoms in total. The quantitative estimate of drug-likeness (QED) is 0.464. The maximum Gasteiger partial charge on any atom is 0.234 e. The smallest absolute Gasteiger partial charge is 0.234 e. The minimum absolute atomic E-state index is 0.0535. The number of carbonyl (C=O) groups excluding carboxylic acids is 1. The minimum Gasteiger partial charge on any atom is -0.368 e. The molecule has 1 amide bonds. The van der Waals surface area contributed by atoms with Gasteiger partial charge in [-0.25, -0.2) is 0 Å². The number of likely N-dealkylation sites (N-methyl/N-ethyl adjacent to an activating group) is 1. The average Bonchev–Trinajstić information content (AvgIpc) is 2.34. The zero-order chi connectivity index (χ0) is 15.7. The van der Waals surface area contributed by atoms with Crippen LogP contribution in [0.5, 0.6) is 0 Å². The summed E-state index contributed by atoms with van der Waals surface area (Å²) >= 11 is 0. The number of hydrogen-bond acceptors (Lipinski definition) is 4. The van der Waals surface area contributed by atoms with Gasteiger partial charge >= 0.3 is 0 Å². The molecule has 0 spiro atoms. The molecule has 0 aliphatic heterocycles. The molecular weight excluding hydrogens is 258 g/mol. The van der Waals surface area contributed by atoms with Crippen molar-refractivity contribution in [1.82, 2.24) is 4.90 Å². The third kappa shape index (κ3) is 7.43. The number of rotatable bonds is 11. The van der Waals surface area contributed by atoms with Gasteiger partial charge < -0.3 is 5.73 Å². The Morgan fingerprint density at radius 1 is 1.30 bits per heavy atom. The molecule has 0 fully saturated rings. The standard InChI is InChI=1S/C14H29N3O3/c1-5-12(10-17(19)20)8-7-11(3)9-16(4)13(6-2)14(15)18/h11-13H,5-10H2,1-4H3,(H2,15,18)/t11-,12-,13-/m1/s1. The Labute approximate surface area is 121 Å². The molecule has 20 heavy (non-hydrogen) atoms. The van der Waals surface area contributed by atoms with Crippen LogP contribution in [-0.2, 0) is 4.79 Å². The highest BCUT2D eigenvalue weighted by Gasteiger charge is 2.21. The Hall–Kier alpha value is -1.17. The van der Waals surface area contributed by atoms with Crippen molar-refractivity contribution in [2.24, 2.45) is 17.6 Å². The molecule has 0 radical (unpaired) electrons. The van der Waals surface area contributed by atoms with Gasteiger partial charge in [0.25, 0.3) is 0 Å². The van der Waals surface area contributed by atoms with E-state index >= 15 is 0 Å². The van der Waals surface area contributed by atoms with Crippen LogP contribution in [-0.4, -0.2) is 41.9 Å². The predicted octanol–water partition coefficient (Wildman–Crippen LogP) is 1.90.